The number of cyclic esters (lactones) is 1. The molecular weight excluding hydrogens is 168 g/mol. The van der Waals surface area contributed by atoms with Crippen molar-refractivity contribution in [1.82, 2.24) is 0 Å². The minimum Gasteiger partial charge on any atom is -0.459 e. The summed E-state index contributed by atoms with van der Waals surface area (Å²) in [7, 11) is 0. The Morgan fingerprint density at radius 2 is 2.31 bits per heavy atom. The Morgan fingerprint density at radius 3 is 2.69 bits per heavy atom. The summed E-state index contributed by atoms with van der Waals surface area (Å²) in [6.45, 7) is 7.49. The quantitative estimate of drug-likeness (QED) is 0.525. The van der Waals surface area contributed by atoms with Crippen LogP contribution in [0.5, 0.6) is 0 Å². The van der Waals surface area contributed by atoms with Gasteiger partial charge in [0.2, 0.25) is 0 Å². The Kier molecular flexibility index (Phi) is 3.09. The molecular formula is C10H16O3. The molecule has 1 aliphatic heterocycles. The number of rotatable bonds is 3. The van der Waals surface area contributed by atoms with Gasteiger partial charge in [-0.2, -0.15) is 0 Å². The van der Waals surface area contributed by atoms with Crippen molar-refractivity contribution >= 4 is 5.97 Å². The summed E-state index contributed by atoms with van der Waals surface area (Å²) in [5, 5.41) is 8.96. The van der Waals surface area contributed by atoms with Crippen molar-refractivity contribution in [3.05, 3.63) is 12.7 Å². The number of hydrogen-bond acceptors (Lipinski definition) is 3. The summed E-state index contributed by atoms with van der Waals surface area (Å²) in [5.74, 6) is -0.168. The minimum atomic E-state index is -0.391. The molecule has 1 fully saturated rings. The van der Waals surface area contributed by atoms with Gasteiger partial charge < -0.3 is 9.84 Å². The molecule has 0 saturated carbocycles. The highest BCUT2D eigenvalue weighted by Gasteiger charge is 2.43. The van der Waals surface area contributed by atoms with E-state index in [0.717, 1.165) is 0 Å². The van der Waals surface area contributed by atoms with Gasteiger partial charge in [0.25, 0.3) is 0 Å². The zero-order valence-electron chi connectivity index (χ0n) is 8.06. The Balaban J connectivity index is 2.82. The van der Waals surface area contributed by atoms with Gasteiger partial charge in [0.05, 0.1) is 12.5 Å². The van der Waals surface area contributed by atoms with E-state index in [1.165, 1.54) is 0 Å². The molecule has 3 nitrogen and oxygen atoms in total. The van der Waals surface area contributed by atoms with Gasteiger partial charge in [0.15, 0.2) is 0 Å². The monoisotopic (exact) mass is 184 g/mol. The number of aliphatic hydroxyl groups excluding tert-OH is 1. The van der Waals surface area contributed by atoms with Gasteiger partial charge in [0.1, 0.15) is 6.10 Å². The Hall–Kier alpha value is -0.830. The van der Waals surface area contributed by atoms with E-state index in [-0.39, 0.29) is 30.3 Å². The zero-order valence-corrected chi connectivity index (χ0v) is 8.06. The van der Waals surface area contributed by atoms with Crippen LogP contribution in [0.1, 0.15) is 13.8 Å². The average Bonchev–Trinajstić information content (AvgIpc) is 2.41. The molecule has 3 unspecified atom stereocenters. The maximum absolute atomic E-state index is 11.4. The van der Waals surface area contributed by atoms with Gasteiger partial charge in [-0.25, -0.2) is 0 Å². The van der Waals surface area contributed by atoms with Crippen molar-refractivity contribution in [2.45, 2.75) is 20.0 Å². The minimum absolute atomic E-state index is 0.0440. The fourth-order valence-electron chi connectivity index (χ4n) is 1.87. The summed E-state index contributed by atoms with van der Waals surface area (Å²) in [5.41, 5.74) is 0. The van der Waals surface area contributed by atoms with E-state index in [4.69, 9.17) is 9.84 Å². The predicted molar refractivity (Wildman–Crippen MR) is 49.0 cm³/mol. The van der Waals surface area contributed by atoms with Gasteiger partial charge in [0, 0.05) is 5.92 Å². The molecule has 74 valence electrons. The highest BCUT2D eigenvalue weighted by atomic mass is 16.6. The predicted octanol–water partition coefficient (Wildman–Crippen LogP) is 0.978. The number of ether oxygens (including phenoxy) is 1. The van der Waals surface area contributed by atoms with Crippen LogP contribution in [0, 0.1) is 17.8 Å². The average molecular weight is 184 g/mol. The summed E-state index contributed by atoms with van der Waals surface area (Å²) < 4.78 is 5.03. The van der Waals surface area contributed by atoms with Crippen molar-refractivity contribution in [3.63, 3.8) is 0 Å². The highest BCUT2D eigenvalue weighted by Crippen LogP contribution is 2.34. The first kappa shape index (κ1) is 10.3. The zero-order chi connectivity index (χ0) is 10.0. The number of hydrogen-bond donors (Lipinski definition) is 1. The SMILES string of the molecule is C=CC1C(CO)OC(=O)C1C(C)C. The van der Waals surface area contributed by atoms with Crippen molar-refractivity contribution < 1.29 is 14.6 Å². The van der Waals surface area contributed by atoms with Crippen LogP contribution in [0.15, 0.2) is 12.7 Å². The smallest absolute Gasteiger partial charge is 0.310 e. The number of esters is 1. The first-order valence-electron chi connectivity index (χ1n) is 4.55. The van der Waals surface area contributed by atoms with Crippen LogP contribution in [0.4, 0.5) is 0 Å². The lowest BCUT2D eigenvalue weighted by molar-refractivity contribution is -0.146. The second-order valence-electron chi connectivity index (χ2n) is 3.74. The standard InChI is InChI=1S/C10H16O3/c1-4-7-8(5-11)13-10(12)9(7)6(2)3/h4,6-9,11H,1,5H2,2-3H3. The van der Waals surface area contributed by atoms with E-state index in [1.54, 1.807) is 6.08 Å². The van der Waals surface area contributed by atoms with E-state index in [2.05, 4.69) is 6.58 Å². The van der Waals surface area contributed by atoms with Crippen molar-refractivity contribution in [2.75, 3.05) is 6.61 Å². The normalized spacial score (nSPS) is 33.5. The molecule has 13 heavy (non-hydrogen) atoms. The number of carbonyl (C=O) groups excluding carboxylic acids is 1. The second-order valence-corrected chi connectivity index (χ2v) is 3.74. The Labute approximate surface area is 78.4 Å². The van der Waals surface area contributed by atoms with Crippen LogP contribution in [0.3, 0.4) is 0 Å². The Bertz CT molecular complexity index is 210. The third-order valence-corrected chi connectivity index (χ3v) is 2.55. The fourth-order valence-corrected chi connectivity index (χ4v) is 1.87. The molecule has 0 bridgehead atoms. The molecule has 1 rings (SSSR count). The third kappa shape index (κ3) is 1.75. The van der Waals surface area contributed by atoms with Crippen LogP contribution in [-0.2, 0) is 9.53 Å². The maximum Gasteiger partial charge on any atom is 0.310 e. The topological polar surface area (TPSA) is 46.5 Å². The highest BCUT2D eigenvalue weighted by molar-refractivity contribution is 5.76. The van der Waals surface area contributed by atoms with Gasteiger partial charge in [-0.05, 0) is 5.92 Å². The third-order valence-electron chi connectivity index (χ3n) is 2.55. The fraction of sp³-hybridized carbons (Fsp3) is 0.700. The molecule has 0 spiro atoms. The molecule has 0 aromatic carbocycles. The first-order valence-corrected chi connectivity index (χ1v) is 4.55. The largest absolute Gasteiger partial charge is 0.459 e. The van der Waals surface area contributed by atoms with Gasteiger partial charge in [-0.1, -0.05) is 19.9 Å². The van der Waals surface area contributed by atoms with E-state index in [0.29, 0.717) is 0 Å². The molecule has 1 N–H and O–H groups in total. The molecule has 1 heterocycles. The van der Waals surface area contributed by atoms with Gasteiger partial charge in [-0.3, -0.25) is 4.79 Å². The van der Waals surface area contributed by atoms with Gasteiger partial charge >= 0.3 is 5.97 Å². The maximum atomic E-state index is 11.4. The molecule has 0 radical (unpaired) electrons. The molecule has 3 heteroatoms. The molecule has 0 aromatic heterocycles. The van der Waals surface area contributed by atoms with Crippen LogP contribution >= 0.6 is 0 Å². The number of aliphatic hydroxyl groups is 1. The second kappa shape index (κ2) is 3.92. The van der Waals surface area contributed by atoms with E-state index in [1.807, 2.05) is 13.8 Å². The van der Waals surface area contributed by atoms with Gasteiger partial charge in [-0.15, -0.1) is 6.58 Å². The van der Waals surface area contributed by atoms with Crippen molar-refractivity contribution in [1.29, 1.82) is 0 Å². The molecule has 1 saturated heterocycles. The van der Waals surface area contributed by atoms with Crippen LogP contribution in [-0.4, -0.2) is 23.8 Å². The first-order chi connectivity index (χ1) is 6.11. The summed E-state index contributed by atoms with van der Waals surface area (Å²) in [6, 6.07) is 0. The summed E-state index contributed by atoms with van der Waals surface area (Å²) in [6.07, 6.45) is 1.31. The summed E-state index contributed by atoms with van der Waals surface area (Å²) in [4.78, 5) is 11.4. The van der Waals surface area contributed by atoms with E-state index < -0.39 is 6.10 Å². The Morgan fingerprint density at radius 1 is 1.69 bits per heavy atom. The summed E-state index contributed by atoms with van der Waals surface area (Å²) >= 11 is 0. The van der Waals surface area contributed by atoms with Crippen LogP contribution in [0.2, 0.25) is 0 Å². The van der Waals surface area contributed by atoms with Crippen LogP contribution in [0.25, 0.3) is 0 Å². The molecule has 3 atom stereocenters. The lowest BCUT2D eigenvalue weighted by Crippen LogP contribution is -2.24. The van der Waals surface area contributed by atoms with Crippen LogP contribution < -0.4 is 0 Å². The number of carbonyl (C=O) groups is 1. The molecule has 0 aromatic rings. The lowest BCUT2D eigenvalue weighted by Gasteiger charge is -2.17. The van der Waals surface area contributed by atoms with E-state index in [9.17, 15) is 4.79 Å². The van der Waals surface area contributed by atoms with Crippen molar-refractivity contribution in [2.24, 2.45) is 17.8 Å². The lowest BCUT2D eigenvalue weighted by atomic mass is 9.83. The molecule has 0 amide bonds. The van der Waals surface area contributed by atoms with Crippen molar-refractivity contribution in [3.8, 4) is 0 Å². The molecule has 1 aliphatic rings. The molecule has 0 aliphatic carbocycles. The van der Waals surface area contributed by atoms with E-state index >= 15 is 0 Å².